The van der Waals surface area contributed by atoms with E-state index in [0.29, 0.717) is 6.42 Å². The van der Waals surface area contributed by atoms with Crippen LogP contribution in [0.15, 0.2) is 30.3 Å². The molecule has 1 aromatic carbocycles. The monoisotopic (exact) mass is 162 g/mol. The topological polar surface area (TPSA) is 17.1 Å². The lowest BCUT2D eigenvalue weighted by Gasteiger charge is -1.98. The van der Waals surface area contributed by atoms with Gasteiger partial charge in [0.05, 0.1) is 0 Å². The molecule has 0 amide bonds. The lowest BCUT2D eigenvalue weighted by Crippen LogP contribution is -1.91. The Hall–Kier alpha value is -1.11. The fourth-order valence-electron chi connectivity index (χ4n) is 1.19. The smallest absolute Gasteiger partial charge is 0.129 e. The van der Waals surface area contributed by atoms with Gasteiger partial charge in [0.1, 0.15) is 5.78 Å². The minimum absolute atomic E-state index is 0.283. The van der Waals surface area contributed by atoms with Crippen molar-refractivity contribution in [2.75, 3.05) is 0 Å². The first-order valence-electron chi connectivity index (χ1n) is 4.32. The van der Waals surface area contributed by atoms with Crippen molar-refractivity contribution in [2.45, 2.75) is 26.2 Å². The number of carbonyl (C=O) groups is 1. The van der Waals surface area contributed by atoms with Gasteiger partial charge in [-0.15, -0.1) is 0 Å². The fraction of sp³-hybridized carbons (Fsp3) is 0.364. The molecular formula is C11H14O. The maximum Gasteiger partial charge on any atom is 0.129 e. The van der Waals surface area contributed by atoms with Gasteiger partial charge in [-0.1, -0.05) is 30.3 Å². The lowest BCUT2D eigenvalue weighted by molar-refractivity contribution is -0.117. The molecule has 12 heavy (non-hydrogen) atoms. The SMILES string of the molecule is CC(=O)CCCc1ccccc1. The highest BCUT2D eigenvalue weighted by Crippen LogP contribution is 2.04. The second kappa shape index (κ2) is 4.70. The molecule has 0 atom stereocenters. The molecule has 0 spiro atoms. The summed E-state index contributed by atoms with van der Waals surface area (Å²) in [6, 6.07) is 10.3. The van der Waals surface area contributed by atoms with E-state index in [1.54, 1.807) is 6.92 Å². The fourth-order valence-corrected chi connectivity index (χ4v) is 1.19. The van der Waals surface area contributed by atoms with Crippen LogP contribution in [0.4, 0.5) is 0 Å². The van der Waals surface area contributed by atoms with Crippen molar-refractivity contribution in [1.82, 2.24) is 0 Å². The van der Waals surface area contributed by atoms with Crippen LogP contribution in [0.25, 0.3) is 0 Å². The number of ketones is 1. The van der Waals surface area contributed by atoms with Crippen molar-refractivity contribution in [3.05, 3.63) is 35.9 Å². The molecule has 0 aliphatic carbocycles. The van der Waals surface area contributed by atoms with Crippen LogP contribution in [-0.4, -0.2) is 5.78 Å². The number of aryl methyl sites for hydroxylation is 1. The molecule has 0 aromatic heterocycles. The van der Waals surface area contributed by atoms with Gasteiger partial charge in [-0.2, -0.15) is 0 Å². The average molecular weight is 162 g/mol. The first-order valence-corrected chi connectivity index (χ1v) is 4.32. The van der Waals surface area contributed by atoms with E-state index in [-0.39, 0.29) is 5.78 Å². The number of rotatable bonds is 4. The zero-order chi connectivity index (χ0) is 8.81. The highest BCUT2D eigenvalue weighted by Gasteiger charge is 1.94. The molecule has 0 unspecified atom stereocenters. The zero-order valence-corrected chi connectivity index (χ0v) is 7.42. The highest BCUT2D eigenvalue weighted by molar-refractivity contribution is 5.75. The molecule has 64 valence electrons. The van der Waals surface area contributed by atoms with Crippen molar-refractivity contribution in [3.63, 3.8) is 0 Å². The molecule has 0 saturated heterocycles. The predicted octanol–water partition coefficient (Wildman–Crippen LogP) is 2.60. The quantitative estimate of drug-likeness (QED) is 0.665. The van der Waals surface area contributed by atoms with E-state index < -0.39 is 0 Å². The molecule has 0 bridgehead atoms. The maximum atomic E-state index is 10.6. The van der Waals surface area contributed by atoms with Gasteiger partial charge in [-0.05, 0) is 25.3 Å². The van der Waals surface area contributed by atoms with Crippen LogP contribution in [0.1, 0.15) is 25.3 Å². The van der Waals surface area contributed by atoms with E-state index in [4.69, 9.17) is 0 Å². The van der Waals surface area contributed by atoms with Crippen LogP contribution in [0, 0.1) is 0 Å². The Morgan fingerprint density at radius 2 is 1.92 bits per heavy atom. The van der Waals surface area contributed by atoms with Gasteiger partial charge < -0.3 is 4.79 Å². The lowest BCUT2D eigenvalue weighted by atomic mass is 10.1. The Morgan fingerprint density at radius 1 is 1.25 bits per heavy atom. The summed E-state index contributed by atoms with van der Waals surface area (Å²) in [6.07, 6.45) is 2.69. The van der Waals surface area contributed by atoms with E-state index in [1.165, 1.54) is 5.56 Å². The molecule has 0 fully saturated rings. The third kappa shape index (κ3) is 3.33. The minimum Gasteiger partial charge on any atom is -0.300 e. The van der Waals surface area contributed by atoms with Gasteiger partial charge in [0.15, 0.2) is 0 Å². The molecule has 1 heteroatoms. The normalized spacial score (nSPS) is 9.75. The number of benzene rings is 1. The first kappa shape index (κ1) is 8.98. The predicted molar refractivity (Wildman–Crippen MR) is 50.1 cm³/mol. The summed E-state index contributed by atoms with van der Waals surface area (Å²) in [4.78, 5) is 10.6. The largest absolute Gasteiger partial charge is 0.300 e. The van der Waals surface area contributed by atoms with Crippen molar-refractivity contribution in [3.8, 4) is 0 Å². The summed E-state index contributed by atoms with van der Waals surface area (Å²) in [5.41, 5.74) is 1.32. The molecule has 1 nitrogen and oxygen atoms in total. The van der Waals surface area contributed by atoms with Gasteiger partial charge in [-0.25, -0.2) is 0 Å². The second-order valence-corrected chi connectivity index (χ2v) is 3.04. The van der Waals surface area contributed by atoms with Crippen LogP contribution in [0.3, 0.4) is 0 Å². The summed E-state index contributed by atoms with van der Waals surface area (Å²) in [6.45, 7) is 1.64. The van der Waals surface area contributed by atoms with Gasteiger partial charge in [-0.3, -0.25) is 0 Å². The summed E-state index contributed by atoms with van der Waals surface area (Å²) in [7, 11) is 0. The van der Waals surface area contributed by atoms with Gasteiger partial charge in [0.2, 0.25) is 0 Å². The molecule has 0 saturated carbocycles. The molecule has 0 aliphatic rings. The Labute approximate surface area is 73.4 Å². The van der Waals surface area contributed by atoms with Gasteiger partial charge in [0.25, 0.3) is 0 Å². The number of hydrogen-bond donors (Lipinski definition) is 0. The van der Waals surface area contributed by atoms with E-state index in [0.717, 1.165) is 12.8 Å². The summed E-state index contributed by atoms with van der Waals surface area (Å²) in [5, 5.41) is 0. The summed E-state index contributed by atoms with van der Waals surface area (Å²) >= 11 is 0. The molecule has 0 heterocycles. The van der Waals surface area contributed by atoms with E-state index in [9.17, 15) is 4.79 Å². The molecule has 0 N–H and O–H groups in total. The maximum absolute atomic E-state index is 10.6. The summed E-state index contributed by atoms with van der Waals surface area (Å²) in [5.74, 6) is 0.283. The third-order valence-electron chi connectivity index (χ3n) is 1.84. The van der Waals surface area contributed by atoms with Crippen LogP contribution in [0.5, 0.6) is 0 Å². The summed E-state index contributed by atoms with van der Waals surface area (Å²) < 4.78 is 0. The van der Waals surface area contributed by atoms with Crippen LogP contribution in [0.2, 0.25) is 0 Å². The van der Waals surface area contributed by atoms with E-state index in [1.807, 2.05) is 18.2 Å². The van der Waals surface area contributed by atoms with Crippen molar-refractivity contribution in [2.24, 2.45) is 0 Å². The zero-order valence-electron chi connectivity index (χ0n) is 7.42. The van der Waals surface area contributed by atoms with E-state index >= 15 is 0 Å². The van der Waals surface area contributed by atoms with E-state index in [2.05, 4.69) is 12.1 Å². The Balaban J connectivity index is 2.29. The molecule has 1 rings (SSSR count). The van der Waals surface area contributed by atoms with Gasteiger partial charge in [0, 0.05) is 6.42 Å². The number of Topliss-reactive ketones (excluding diaryl/α,β-unsaturated/α-hetero) is 1. The standard InChI is InChI=1S/C11H14O/c1-10(12)6-5-9-11-7-3-2-4-8-11/h2-4,7-8H,5-6,9H2,1H3. The van der Waals surface area contributed by atoms with Crippen molar-refractivity contribution in [1.29, 1.82) is 0 Å². The van der Waals surface area contributed by atoms with Crippen molar-refractivity contribution >= 4 is 5.78 Å². The Kier molecular flexibility index (Phi) is 3.52. The highest BCUT2D eigenvalue weighted by atomic mass is 16.1. The Morgan fingerprint density at radius 3 is 2.50 bits per heavy atom. The first-order chi connectivity index (χ1) is 5.79. The van der Waals surface area contributed by atoms with Crippen molar-refractivity contribution < 1.29 is 4.79 Å². The third-order valence-corrected chi connectivity index (χ3v) is 1.84. The van der Waals surface area contributed by atoms with Crippen LogP contribution >= 0.6 is 0 Å². The molecule has 0 aliphatic heterocycles. The van der Waals surface area contributed by atoms with Crippen LogP contribution in [-0.2, 0) is 11.2 Å². The van der Waals surface area contributed by atoms with Gasteiger partial charge >= 0.3 is 0 Å². The molecular weight excluding hydrogens is 148 g/mol. The number of carbonyl (C=O) groups excluding carboxylic acids is 1. The molecule has 0 radical (unpaired) electrons. The average Bonchev–Trinajstić information content (AvgIpc) is 2.05. The molecule has 1 aromatic rings. The minimum atomic E-state index is 0.283. The Bertz CT molecular complexity index is 238. The second-order valence-electron chi connectivity index (χ2n) is 3.04. The van der Waals surface area contributed by atoms with Crippen LogP contribution < -0.4 is 0 Å². The number of hydrogen-bond acceptors (Lipinski definition) is 1.